The minimum atomic E-state index is 0.507. The van der Waals surface area contributed by atoms with Gasteiger partial charge in [0.25, 0.3) is 0 Å². The average molecular weight is 151 g/mol. The number of nitrogens with one attached hydrogen (secondary N) is 1. The molecule has 0 aliphatic rings. The fraction of sp³-hybridized carbons (Fsp3) is 0.500. The van der Waals surface area contributed by atoms with Crippen molar-refractivity contribution in [1.82, 2.24) is 0 Å². The molecule has 0 unspecified atom stereocenters. The Morgan fingerprint density at radius 1 is 1.36 bits per heavy atom. The summed E-state index contributed by atoms with van der Waals surface area (Å²) in [7, 11) is 0. The quantitative estimate of drug-likeness (QED) is 0.473. The molecule has 0 aromatic heterocycles. The Morgan fingerprint density at radius 3 is 2.18 bits per heavy atom. The molecular formula is C10H17N. The summed E-state index contributed by atoms with van der Waals surface area (Å²) in [6, 6.07) is 0. The first-order valence-corrected chi connectivity index (χ1v) is 3.97. The molecule has 0 amide bonds. The molecule has 0 bridgehead atoms. The number of hydrogen-bond donors (Lipinski definition) is 1. The zero-order valence-electron chi connectivity index (χ0n) is 7.81. The van der Waals surface area contributed by atoms with Crippen LogP contribution in [0.1, 0.15) is 27.7 Å². The van der Waals surface area contributed by atoms with Crippen molar-refractivity contribution in [3.63, 3.8) is 0 Å². The predicted octanol–water partition coefficient (Wildman–Crippen LogP) is 3.18. The van der Waals surface area contributed by atoms with E-state index in [1.54, 1.807) is 0 Å². The lowest BCUT2D eigenvalue weighted by molar-refractivity contribution is 0.785. The van der Waals surface area contributed by atoms with Gasteiger partial charge in [0.1, 0.15) is 0 Å². The summed E-state index contributed by atoms with van der Waals surface area (Å²) >= 11 is 0. The van der Waals surface area contributed by atoms with Crippen molar-refractivity contribution in [2.45, 2.75) is 27.7 Å². The molecule has 0 aromatic carbocycles. The molecule has 0 aliphatic carbocycles. The second-order valence-electron chi connectivity index (χ2n) is 2.94. The summed E-state index contributed by atoms with van der Waals surface area (Å²) in [5.74, 6) is 0.507. The summed E-state index contributed by atoms with van der Waals surface area (Å²) in [6.07, 6.45) is 5.50. The van der Waals surface area contributed by atoms with Crippen LogP contribution < -0.4 is 0 Å². The smallest absolute Gasteiger partial charge is 0.0209 e. The lowest BCUT2D eigenvalue weighted by atomic mass is 9.98. The normalized spacial score (nSPS) is 13.9. The van der Waals surface area contributed by atoms with Crippen LogP contribution in [-0.2, 0) is 0 Å². The molecule has 11 heavy (non-hydrogen) atoms. The van der Waals surface area contributed by atoms with E-state index in [9.17, 15) is 0 Å². The zero-order valence-corrected chi connectivity index (χ0v) is 7.81. The van der Waals surface area contributed by atoms with Crippen molar-refractivity contribution >= 4 is 6.21 Å². The molecule has 0 saturated carbocycles. The van der Waals surface area contributed by atoms with E-state index in [0.717, 1.165) is 5.57 Å². The van der Waals surface area contributed by atoms with E-state index in [2.05, 4.69) is 19.9 Å². The molecular weight excluding hydrogens is 134 g/mol. The summed E-state index contributed by atoms with van der Waals surface area (Å²) in [5, 5.41) is 7.09. The molecule has 0 heterocycles. The molecule has 0 rings (SSSR count). The third kappa shape index (κ3) is 3.17. The Labute approximate surface area is 69.3 Å². The first-order valence-electron chi connectivity index (χ1n) is 3.97. The summed E-state index contributed by atoms with van der Waals surface area (Å²) in [6.45, 7) is 8.26. The molecule has 0 aliphatic heterocycles. The molecule has 1 nitrogen and oxygen atoms in total. The number of rotatable bonds is 3. The van der Waals surface area contributed by atoms with Gasteiger partial charge >= 0.3 is 0 Å². The maximum absolute atomic E-state index is 7.09. The minimum Gasteiger partial charge on any atom is -0.308 e. The second-order valence-corrected chi connectivity index (χ2v) is 2.94. The largest absolute Gasteiger partial charge is 0.308 e. The molecule has 0 atom stereocenters. The van der Waals surface area contributed by atoms with Crippen LogP contribution in [-0.4, -0.2) is 6.21 Å². The van der Waals surface area contributed by atoms with Gasteiger partial charge in [0.2, 0.25) is 0 Å². The second kappa shape index (κ2) is 4.89. The highest BCUT2D eigenvalue weighted by Crippen LogP contribution is 2.14. The van der Waals surface area contributed by atoms with Crippen LogP contribution in [0.3, 0.4) is 0 Å². The van der Waals surface area contributed by atoms with Crippen LogP contribution in [0.15, 0.2) is 23.3 Å². The fourth-order valence-corrected chi connectivity index (χ4v) is 1.04. The lowest BCUT2D eigenvalue weighted by Crippen LogP contribution is -1.95. The van der Waals surface area contributed by atoms with Crippen molar-refractivity contribution in [3.8, 4) is 0 Å². The van der Waals surface area contributed by atoms with Crippen molar-refractivity contribution in [2.24, 2.45) is 5.92 Å². The third-order valence-electron chi connectivity index (χ3n) is 1.64. The van der Waals surface area contributed by atoms with E-state index in [1.807, 2.05) is 19.9 Å². The summed E-state index contributed by atoms with van der Waals surface area (Å²) < 4.78 is 0. The molecule has 0 aromatic rings. The number of allylic oxidation sites excluding steroid dienone is 4. The van der Waals surface area contributed by atoms with Crippen LogP contribution in [0.4, 0.5) is 0 Å². The van der Waals surface area contributed by atoms with Crippen molar-refractivity contribution in [1.29, 1.82) is 5.41 Å². The molecule has 0 saturated heterocycles. The SMILES string of the molecule is C/C=C\C(=C(\C)C=N)C(C)C. The maximum atomic E-state index is 7.09. The molecule has 1 N–H and O–H groups in total. The van der Waals surface area contributed by atoms with Crippen LogP contribution in [0.5, 0.6) is 0 Å². The minimum absolute atomic E-state index is 0.507. The molecule has 0 spiro atoms. The van der Waals surface area contributed by atoms with Gasteiger partial charge in [0.15, 0.2) is 0 Å². The number of hydrogen-bond acceptors (Lipinski definition) is 1. The van der Waals surface area contributed by atoms with Crippen LogP contribution in [0, 0.1) is 11.3 Å². The van der Waals surface area contributed by atoms with Crippen molar-refractivity contribution < 1.29 is 0 Å². The van der Waals surface area contributed by atoms with E-state index >= 15 is 0 Å². The van der Waals surface area contributed by atoms with Gasteiger partial charge in [-0.15, -0.1) is 0 Å². The Hall–Kier alpha value is -0.850. The Balaban J connectivity index is 4.71. The van der Waals surface area contributed by atoms with E-state index in [-0.39, 0.29) is 0 Å². The van der Waals surface area contributed by atoms with Gasteiger partial charge in [0, 0.05) is 6.21 Å². The zero-order chi connectivity index (χ0) is 8.85. The van der Waals surface area contributed by atoms with E-state index in [1.165, 1.54) is 11.8 Å². The Morgan fingerprint density at radius 2 is 1.91 bits per heavy atom. The van der Waals surface area contributed by atoms with Gasteiger partial charge in [-0.25, -0.2) is 0 Å². The highest BCUT2D eigenvalue weighted by atomic mass is 14.3. The van der Waals surface area contributed by atoms with Crippen molar-refractivity contribution in [3.05, 3.63) is 23.3 Å². The van der Waals surface area contributed by atoms with Crippen molar-refractivity contribution in [2.75, 3.05) is 0 Å². The first-order chi connectivity index (χ1) is 5.13. The predicted molar refractivity (Wildman–Crippen MR) is 51.1 cm³/mol. The molecule has 62 valence electrons. The molecule has 0 fully saturated rings. The topological polar surface area (TPSA) is 23.9 Å². The van der Waals surface area contributed by atoms with Gasteiger partial charge in [0.05, 0.1) is 0 Å². The summed E-state index contributed by atoms with van der Waals surface area (Å²) in [4.78, 5) is 0. The maximum Gasteiger partial charge on any atom is 0.0209 e. The highest BCUT2D eigenvalue weighted by molar-refractivity contribution is 5.77. The van der Waals surface area contributed by atoms with Gasteiger partial charge in [-0.2, -0.15) is 0 Å². The van der Waals surface area contributed by atoms with Gasteiger partial charge in [-0.05, 0) is 30.9 Å². The molecule has 1 heteroatoms. The molecule has 0 radical (unpaired) electrons. The van der Waals surface area contributed by atoms with Crippen LogP contribution in [0.25, 0.3) is 0 Å². The van der Waals surface area contributed by atoms with Crippen LogP contribution >= 0.6 is 0 Å². The fourth-order valence-electron chi connectivity index (χ4n) is 1.04. The van der Waals surface area contributed by atoms with Gasteiger partial charge in [-0.3, -0.25) is 0 Å². The third-order valence-corrected chi connectivity index (χ3v) is 1.64. The standard InChI is InChI=1S/C10H17N/c1-5-6-10(8(2)3)9(4)7-11/h5-8,11H,1-4H3/b6-5-,10-9+,11-7?. The Kier molecular flexibility index (Phi) is 4.51. The lowest BCUT2D eigenvalue weighted by Gasteiger charge is -2.07. The monoisotopic (exact) mass is 151 g/mol. The average Bonchev–Trinajstić information content (AvgIpc) is 1.98. The summed E-state index contributed by atoms with van der Waals surface area (Å²) in [5.41, 5.74) is 2.31. The van der Waals surface area contributed by atoms with Gasteiger partial charge < -0.3 is 5.41 Å². The van der Waals surface area contributed by atoms with E-state index in [0.29, 0.717) is 5.92 Å². The highest BCUT2D eigenvalue weighted by Gasteiger charge is 2.00. The first kappa shape index (κ1) is 10.2. The van der Waals surface area contributed by atoms with Crippen LogP contribution in [0.2, 0.25) is 0 Å². The van der Waals surface area contributed by atoms with Gasteiger partial charge in [-0.1, -0.05) is 26.0 Å². The van der Waals surface area contributed by atoms with E-state index < -0.39 is 0 Å². The van der Waals surface area contributed by atoms with E-state index in [4.69, 9.17) is 5.41 Å². The Bertz CT molecular complexity index is 185.